The maximum Gasteiger partial charge on any atom is 0.238 e. The first-order valence-corrected chi connectivity index (χ1v) is 5.91. The van der Waals surface area contributed by atoms with E-state index in [9.17, 15) is 4.79 Å². The summed E-state index contributed by atoms with van der Waals surface area (Å²) in [5, 5.41) is 5.33. The SMILES string of the molecule is CC(N[C@H](C)C(=O)N(C)C)c1cccs1. The molecule has 4 heteroatoms. The Hall–Kier alpha value is -0.870. The molecular weight excluding hydrogens is 208 g/mol. The van der Waals surface area contributed by atoms with E-state index in [1.54, 1.807) is 30.3 Å². The van der Waals surface area contributed by atoms with Crippen molar-refractivity contribution < 1.29 is 4.79 Å². The average molecular weight is 226 g/mol. The average Bonchev–Trinajstić information content (AvgIpc) is 2.68. The minimum Gasteiger partial charge on any atom is -0.347 e. The van der Waals surface area contributed by atoms with Crippen molar-refractivity contribution in [3.63, 3.8) is 0 Å². The molecule has 0 aliphatic heterocycles. The van der Waals surface area contributed by atoms with E-state index in [1.807, 2.05) is 18.4 Å². The van der Waals surface area contributed by atoms with E-state index >= 15 is 0 Å². The van der Waals surface area contributed by atoms with Crippen LogP contribution in [0.4, 0.5) is 0 Å². The van der Waals surface area contributed by atoms with Crippen molar-refractivity contribution >= 4 is 17.2 Å². The van der Waals surface area contributed by atoms with Crippen LogP contribution in [-0.2, 0) is 4.79 Å². The Labute approximate surface area is 95.1 Å². The van der Waals surface area contributed by atoms with E-state index in [4.69, 9.17) is 0 Å². The Morgan fingerprint density at radius 3 is 2.60 bits per heavy atom. The number of carbonyl (C=O) groups is 1. The molecular formula is C11H18N2OS. The second-order valence-electron chi connectivity index (χ2n) is 3.86. The Balaban J connectivity index is 2.52. The molecule has 3 nitrogen and oxygen atoms in total. The molecule has 0 aliphatic rings. The first-order valence-electron chi connectivity index (χ1n) is 5.03. The zero-order valence-corrected chi connectivity index (χ0v) is 10.5. The van der Waals surface area contributed by atoms with Crippen molar-refractivity contribution in [2.24, 2.45) is 0 Å². The molecule has 0 fully saturated rings. The molecule has 0 aromatic carbocycles. The summed E-state index contributed by atoms with van der Waals surface area (Å²) in [6.45, 7) is 3.97. The van der Waals surface area contributed by atoms with Crippen LogP contribution in [0.25, 0.3) is 0 Å². The Morgan fingerprint density at radius 2 is 2.13 bits per heavy atom. The van der Waals surface area contributed by atoms with Gasteiger partial charge in [0, 0.05) is 25.0 Å². The minimum absolute atomic E-state index is 0.110. The Kier molecular flexibility index (Phi) is 4.29. The fourth-order valence-corrected chi connectivity index (χ4v) is 2.20. The van der Waals surface area contributed by atoms with E-state index in [-0.39, 0.29) is 18.0 Å². The predicted molar refractivity (Wildman–Crippen MR) is 64.0 cm³/mol. The molecule has 0 radical (unpaired) electrons. The zero-order valence-electron chi connectivity index (χ0n) is 9.65. The Morgan fingerprint density at radius 1 is 1.47 bits per heavy atom. The minimum atomic E-state index is -0.142. The summed E-state index contributed by atoms with van der Waals surface area (Å²) >= 11 is 1.71. The quantitative estimate of drug-likeness (QED) is 0.850. The second-order valence-corrected chi connectivity index (χ2v) is 4.84. The van der Waals surface area contributed by atoms with Crippen LogP contribution in [0.15, 0.2) is 17.5 Å². The van der Waals surface area contributed by atoms with Crippen molar-refractivity contribution in [3.05, 3.63) is 22.4 Å². The maximum atomic E-state index is 11.6. The summed E-state index contributed by atoms with van der Waals surface area (Å²) in [4.78, 5) is 14.5. The first-order chi connectivity index (χ1) is 7.02. The smallest absolute Gasteiger partial charge is 0.238 e. The van der Waals surface area contributed by atoms with Gasteiger partial charge in [-0.3, -0.25) is 10.1 Å². The highest BCUT2D eigenvalue weighted by molar-refractivity contribution is 7.10. The summed E-state index contributed by atoms with van der Waals surface area (Å²) in [5.41, 5.74) is 0. The number of rotatable bonds is 4. The second kappa shape index (κ2) is 5.28. The van der Waals surface area contributed by atoms with Crippen LogP contribution in [-0.4, -0.2) is 30.9 Å². The third kappa shape index (κ3) is 3.32. The number of thiophene rings is 1. The lowest BCUT2D eigenvalue weighted by Crippen LogP contribution is -2.42. The number of amides is 1. The number of carbonyl (C=O) groups excluding carboxylic acids is 1. The van der Waals surface area contributed by atoms with Gasteiger partial charge >= 0.3 is 0 Å². The van der Waals surface area contributed by atoms with Crippen molar-refractivity contribution in [1.82, 2.24) is 10.2 Å². The molecule has 2 atom stereocenters. The largest absolute Gasteiger partial charge is 0.347 e. The van der Waals surface area contributed by atoms with Gasteiger partial charge < -0.3 is 4.90 Å². The number of likely N-dealkylation sites (N-methyl/N-ethyl adjacent to an activating group) is 1. The summed E-state index contributed by atoms with van der Waals surface area (Å²) in [7, 11) is 3.55. The summed E-state index contributed by atoms with van der Waals surface area (Å²) in [5.74, 6) is 0.110. The zero-order chi connectivity index (χ0) is 11.4. The van der Waals surface area contributed by atoms with Crippen molar-refractivity contribution in [3.8, 4) is 0 Å². The molecule has 1 N–H and O–H groups in total. The lowest BCUT2D eigenvalue weighted by Gasteiger charge is -2.21. The van der Waals surface area contributed by atoms with Crippen LogP contribution in [0.2, 0.25) is 0 Å². The topological polar surface area (TPSA) is 32.3 Å². The van der Waals surface area contributed by atoms with Gasteiger partial charge in [0.15, 0.2) is 0 Å². The molecule has 84 valence electrons. The number of nitrogens with zero attached hydrogens (tertiary/aromatic N) is 1. The van der Waals surface area contributed by atoms with Crippen molar-refractivity contribution in [2.75, 3.05) is 14.1 Å². The fraction of sp³-hybridized carbons (Fsp3) is 0.545. The highest BCUT2D eigenvalue weighted by Gasteiger charge is 2.17. The molecule has 1 rings (SSSR count). The molecule has 1 aromatic rings. The highest BCUT2D eigenvalue weighted by atomic mass is 32.1. The van der Waals surface area contributed by atoms with E-state index in [0.29, 0.717) is 0 Å². The van der Waals surface area contributed by atoms with Gasteiger partial charge in [0.2, 0.25) is 5.91 Å². The van der Waals surface area contributed by atoms with E-state index in [0.717, 1.165) is 0 Å². The lowest BCUT2D eigenvalue weighted by molar-refractivity contribution is -0.130. The van der Waals surface area contributed by atoms with Gasteiger partial charge in [0.25, 0.3) is 0 Å². The fourth-order valence-electron chi connectivity index (χ4n) is 1.45. The molecule has 1 amide bonds. The molecule has 0 bridgehead atoms. The maximum absolute atomic E-state index is 11.6. The first kappa shape index (κ1) is 12.2. The molecule has 1 heterocycles. The monoisotopic (exact) mass is 226 g/mol. The molecule has 0 spiro atoms. The van der Waals surface area contributed by atoms with Crippen molar-refractivity contribution in [2.45, 2.75) is 25.9 Å². The third-order valence-corrected chi connectivity index (χ3v) is 3.34. The molecule has 0 saturated heterocycles. The molecule has 0 saturated carbocycles. The van der Waals surface area contributed by atoms with E-state index < -0.39 is 0 Å². The van der Waals surface area contributed by atoms with Gasteiger partial charge in [-0.25, -0.2) is 0 Å². The van der Waals surface area contributed by atoms with Crippen LogP contribution < -0.4 is 5.32 Å². The van der Waals surface area contributed by atoms with Crippen molar-refractivity contribution in [1.29, 1.82) is 0 Å². The van der Waals surface area contributed by atoms with Crippen LogP contribution >= 0.6 is 11.3 Å². The highest BCUT2D eigenvalue weighted by Crippen LogP contribution is 2.18. The third-order valence-electron chi connectivity index (χ3n) is 2.28. The normalized spacial score (nSPS) is 14.7. The van der Waals surface area contributed by atoms with Gasteiger partial charge in [0.1, 0.15) is 0 Å². The molecule has 15 heavy (non-hydrogen) atoms. The summed E-state index contributed by atoms with van der Waals surface area (Å²) in [6, 6.07) is 4.19. The van der Waals surface area contributed by atoms with Gasteiger partial charge in [-0.05, 0) is 25.3 Å². The number of nitrogens with one attached hydrogen (secondary N) is 1. The van der Waals surface area contributed by atoms with Gasteiger partial charge in [-0.1, -0.05) is 6.07 Å². The standard InChI is InChI=1S/C11H18N2OS/c1-8(10-6-5-7-15-10)12-9(2)11(14)13(3)4/h5-9,12H,1-4H3/t8?,9-/m1/s1. The molecule has 0 aliphatic carbocycles. The van der Waals surface area contributed by atoms with Crippen LogP contribution in [0.3, 0.4) is 0 Å². The van der Waals surface area contributed by atoms with Gasteiger partial charge in [0.05, 0.1) is 6.04 Å². The van der Waals surface area contributed by atoms with Gasteiger partial charge in [-0.2, -0.15) is 0 Å². The Bertz CT molecular complexity index is 308. The summed E-state index contributed by atoms with van der Waals surface area (Å²) < 4.78 is 0. The van der Waals surface area contributed by atoms with E-state index in [1.165, 1.54) is 4.88 Å². The van der Waals surface area contributed by atoms with Crippen LogP contribution in [0, 0.1) is 0 Å². The van der Waals surface area contributed by atoms with Crippen LogP contribution in [0.5, 0.6) is 0 Å². The predicted octanol–water partition coefficient (Wildman–Crippen LogP) is 1.88. The lowest BCUT2D eigenvalue weighted by atomic mass is 10.2. The van der Waals surface area contributed by atoms with Gasteiger partial charge in [-0.15, -0.1) is 11.3 Å². The van der Waals surface area contributed by atoms with Crippen LogP contribution in [0.1, 0.15) is 24.8 Å². The molecule has 1 aromatic heterocycles. The van der Waals surface area contributed by atoms with E-state index in [2.05, 4.69) is 18.3 Å². The number of hydrogen-bond acceptors (Lipinski definition) is 3. The summed E-state index contributed by atoms with van der Waals surface area (Å²) in [6.07, 6.45) is 0. The molecule has 1 unspecified atom stereocenters. The number of hydrogen-bond donors (Lipinski definition) is 1.